The molecule has 1 N–H and O–H groups in total. The number of fused-ring (bicyclic) bond motifs is 1. The normalized spacial score (nSPS) is 17.5. The first-order valence-electron chi connectivity index (χ1n) is 12.2. The third-order valence-corrected chi connectivity index (χ3v) is 7.01. The highest BCUT2D eigenvalue weighted by atomic mass is 35.5. The third kappa shape index (κ3) is 5.82. The minimum absolute atomic E-state index is 0.0805. The summed E-state index contributed by atoms with van der Waals surface area (Å²) < 4.78 is 11.8. The van der Waals surface area contributed by atoms with Crippen LogP contribution in [0.15, 0.2) is 42.6 Å². The highest BCUT2D eigenvalue weighted by Gasteiger charge is 2.24. The molecule has 3 aromatic rings. The van der Waals surface area contributed by atoms with Gasteiger partial charge >= 0.3 is 0 Å². The van der Waals surface area contributed by atoms with Crippen LogP contribution in [0.25, 0.3) is 10.9 Å². The fourth-order valence-corrected chi connectivity index (χ4v) is 4.74. The molecular formula is C28H29ClN2O4. The van der Waals surface area contributed by atoms with Crippen LogP contribution in [-0.2, 0) is 16.0 Å². The minimum atomic E-state index is -0.141. The lowest BCUT2D eigenvalue weighted by Gasteiger charge is -2.14. The minimum Gasteiger partial charge on any atom is -0.457 e. The maximum absolute atomic E-state index is 12.9. The lowest BCUT2D eigenvalue weighted by Crippen LogP contribution is -2.32. The summed E-state index contributed by atoms with van der Waals surface area (Å²) in [6, 6.07) is 10.9. The summed E-state index contributed by atoms with van der Waals surface area (Å²) in [4.78, 5) is 29.6. The molecule has 1 aromatic heterocycles. The number of Topliss-reactive ketones (excluding diaryl/α,β-unsaturated/α-hetero) is 1. The molecule has 182 valence electrons. The topological polar surface area (TPSA) is 77.5 Å². The van der Waals surface area contributed by atoms with Crippen molar-refractivity contribution in [3.63, 3.8) is 0 Å². The number of halogens is 1. The Bertz CT molecular complexity index is 1270. The molecule has 2 heterocycles. The number of ether oxygens (including phenoxy) is 2. The van der Waals surface area contributed by atoms with Crippen molar-refractivity contribution in [1.29, 1.82) is 0 Å². The Hall–Kier alpha value is -2.96. The molecule has 2 aliphatic rings. The van der Waals surface area contributed by atoms with E-state index >= 15 is 0 Å². The number of hydrogen-bond donors (Lipinski definition) is 1. The van der Waals surface area contributed by atoms with Crippen molar-refractivity contribution in [3.05, 3.63) is 64.3 Å². The second-order valence-electron chi connectivity index (χ2n) is 9.56. The van der Waals surface area contributed by atoms with Crippen LogP contribution in [0.5, 0.6) is 11.5 Å². The maximum Gasteiger partial charge on any atom is 0.251 e. The zero-order chi connectivity index (χ0) is 24.4. The first-order chi connectivity index (χ1) is 17.0. The summed E-state index contributed by atoms with van der Waals surface area (Å²) in [5.41, 5.74) is 2.97. The highest BCUT2D eigenvalue weighted by molar-refractivity contribution is 6.31. The van der Waals surface area contributed by atoms with Gasteiger partial charge in [-0.1, -0.05) is 17.7 Å². The monoisotopic (exact) mass is 492 g/mol. The number of carbonyl (C=O) groups is 2. The van der Waals surface area contributed by atoms with Gasteiger partial charge in [0.25, 0.3) is 5.91 Å². The summed E-state index contributed by atoms with van der Waals surface area (Å²) in [6.07, 6.45) is 7.06. The van der Waals surface area contributed by atoms with E-state index < -0.39 is 0 Å². The van der Waals surface area contributed by atoms with Gasteiger partial charge in [-0.15, -0.1) is 0 Å². The Morgan fingerprint density at radius 2 is 2.03 bits per heavy atom. The lowest BCUT2D eigenvalue weighted by atomic mass is 10.0. The summed E-state index contributed by atoms with van der Waals surface area (Å²) >= 11 is 6.48. The number of aromatic nitrogens is 1. The first-order valence-corrected chi connectivity index (χ1v) is 12.6. The van der Waals surface area contributed by atoms with Crippen molar-refractivity contribution >= 4 is 34.2 Å². The van der Waals surface area contributed by atoms with E-state index in [-0.39, 0.29) is 17.8 Å². The second-order valence-corrected chi connectivity index (χ2v) is 9.96. The molecule has 1 saturated heterocycles. The first kappa shape index (κ1) is 23.8. The van der Waals surface area contributed by atoms with Gasteiger partial charge in [-0.05, 0) is 80.0 Å². The number of nitrogens with zero attached hydrogens (tertiary/aromatic N) is 1. The third-order valence-electron chi connectivity index (χ3n) is 6.66. The molecule has 0 spiro atoms. The summed E-state index contributed by atoms with van der Waals surface area (Å²) in [5, 5.41) is 4.24. The molecule has 1 aliphatic heterocycles. The van der Waals surface area contributed by atoms with Crippen LogP contribution >= 0.6 is 11.6 Å². The van der Waals surface area contributed by atoms with Gasteiger partial charge in [-0.25, -0.2) is 0 Å². The average molecular weight is 493 g/mol. The van der Waals surface area contributed by atoms with E-state index in [1.807, 2.05) is 31.2 Å². The van der Waals surface area contributed by atoms with Crippen molar-refractivity contribution in [3.8, 4) is 11.5 Å². The Labute approximate surface area is 210 Å². The van der Waals surface area contributed by atoms with Gasteiger partial charge in [0.2, 0.25) is 0 Å². The van der Waals surface area contributed by atoms with Crippen LogP contribution in [-0.4, -0.2) is 35.9 Å². The van der Waals surface area contributed by atoms with Crippen molar-refractivity contribution < 1.29 is 19.1 Å². The van der Waals surface area contributed by atoms with Crippen LogP contribution in [0.4, 0.5) is 0 Å². The standard InChI is InChI=1S/C28H29ClN2O4/c1-17-11-26-24(15-23(17)28(33)31-16-22-3-2-10-34-22)27(8-9-30-26)35-21-7-6-19(25(29)14-21)13-20(32)12-18-4-5-18/h6-9,11,14-15,18,22H,2-5,10,12-13,16H2,1H3,(H,31,33)/t22-/m0/s1. The molecule has 0 bridgehead atoms. The SMILES string of the molecule is Cc1cc2nccc(Oc3ccc(CC(=O)CC4CC4)c(Cl)c3)c2cc1C(=O)NC[C@@H]1CCCO1. The van der Waals surface area contributed by atoms with Gasteiger partial charge in [-0.2, -0.15) is 0 Å². The van der Waals surface area contributed by atoms with Crippen molar-refractivity contribution in [2.45, 2.75) is 51.6 Å². The molecule has 6 nitrogen and oxygen atoms in total. The van der Waals surface area contributed by atoms with Gasteiger partial charge < -0.3 is 14.8 Å². The smallest absolute Gasteiger partial charge is 0.251 e. The van der Waals surface area contributed by atoms with E-state index in [0.717, 1.165) is 54.3 Å². The van der Waals surface area contributed by atoms with Gasteiger partial charge in [0.05, 0.1) is 11.6 Å². The molecule has 35 heavy (non-hydrogen) atoms. The Morgan fingerprint density at radius 1 is 1.17 bits per heavy atom. The number of carbonyl (C=O) groups excluding carboxylic acids is 2. The molecular weight excluding hydrogens is 464 g/mol. The quantitative estimate of drug-likeness (QED) is 0.408. The Kier molecular flexibility index (Phi) is 7.02. The van der Waals surface area contributed by atoms with Crippen LogP contribution in [0.3, 0.4) is 0 Å². The molecule has 2 aromatic carbocycles. The summed E-state index contributed by atoms with van der Waals surface area (Å²) in [6.45, 7) is 3.16. The van der Waals surface area contributed by atoms with Gasteiger partial charge in [0.15, 0.2) is 0 Å². The molecule has 7 heteroatoms. The van der Waals surface area contributed by atoms with E-state index in [0.29, 0.717) is 47.4 Å². The van der Waals surface area contributed by atoms with E-state index in [9.17, 15) is 9.59 Å². The van der Waals surface area contributed by atoms with E-state index in [1.165, 1.54) is 0 Å². The van der Waals surface area contributed by atoms with E-state index in [2.05, 4.69) is 10.3 Å². The molecule has 0 unspecified atom stereocenters. The number of benzene rings is 2. The Balaban J connectivity index is 1.34. The fourth-order valence-electron chi connectivity index (χ4n) is 4.50. The van der Waals surface area contributed by atoms with Crippen LogP contribution in [0.2, 0.25) is 5.02 Å². The van der Waals surface area contributed by atoms with E-state index in [4.69, 9.17) is 21.1 Å². The molecule has 1 amide bonds. The largest absolute Gasteiger partial charge is 0.457 e. The molecule has 0 radical (unpaired) electrons. The number of pyridine rings is 1. The fraction of sp³-hybridized carbons (Fsp3) is 0.393. The predicted octanol–water partition coefficient (Wildman–Crippen LogP) is 5.81. The maximum atomic E-state index is 12.9. The summed E-state index contributed by atoms with van der Waals surface area (Å²) in [7, 11) is 0. The van der Waals surface area contributed by atoms with Crippen molar-refractivity contribution in [1.82, 2.24) is 10.3 Å². The molecule has 1 aliphatic carbocycles. The van der Waals surface area contributed by atoms with Gasteiger partial charge in [-0.3, -0.25) is 14.6 Å². The molecule has 1 saturated carbocycles. The van der Waals surface area contributed by atoms with Crippen LogP contribution in [0.1, 0.15) is 53.6 Å². The Morgan fingerprint density at radius 3 is 2.77 bits per heavy atom. The molecule has 2 fully saturated rings. The lowest BCUT2D eigenvalue weighted by molar-refractivity contribution is -0.118. The van der Waals surface area contributed by atoms with Crippen LogP contribution in [0, 0.1) is 12.8 Å². The zero-order valence-corrected chi connectivity index (χ0v) is 20.6. The summed E-state index contributed by atoms with van der Waals surface area (Å²) in [5.74, 6) is 1.79. The van der Waals surface area contributed by atoms with Crippen molar-refractivity contribution in [2.75, 3.05) is 13.2 Å². The molecule has 5 rings (SSSR count). The number of aryl methyl sites for hydroxylation is 1. The van der Waals surface area contributed by atoms with Crippen LogP contribution < -0.4 is 10.1 Å². The number of ketones is 1. The number of nitrogens with one attached hydrogen (secondary N) is 1. The predicted molar refractivity (Wildman–Crippen MR) is 135 cm³/mol. The van der Waals surface area contributed by atoms with Gasteiger partial charge in [0, 0.05) is 48.2 Å². The average Bonchev–Trinajstić information content (AvgIpc) is 3.48. The second kappa shape index (κ2) is 10.3. The number of amides is 1. The molecule has 1 atom stereocenters. The van der Waals surface area contributed by atoms with Gasteiger partial charge in [0.1, 0.15) is 17.3 Å². The van der Waals surface area contributed by atoms with Crippen molar-refractivity contribution in [2.24, 2.45) is 5.92 Å². The highest BCUT2D eigenvalue weighted by Crippen LogP contribution is 2.35. The number of rotatable bonds is 9. The number of hydrogen-bond acceptors (Lipinski definition) is 5. The zero-order valence-electron chi connectivity index (χ0n) is 19.8. The van der Waals surface area contributed by atoms with E-state index in [1.54, 1.807) is 18.3 Å².